The van der Waals surface area contributed by atoms with Crippen LogP contribution in [0.2, 0.25) is 0 Å². The topological polar surface area (TPSA) is 90.2 Å². The lowest BCUT2D eigenvalue weighted by atomic mass is 10.0. The lowest BCUT2D eigenvalue weighted by molar-refractivity contribution is -0.132. The van der Waals surface area contributed by atoms with Crippen molar-refractivity contribution in [2.45, 2.75) is 39.3 Å². The first-order chi connectivity index (χ1) is 16.6. The Morgan fingerprint density at radius 3 is 2.79 bits per heavy atom. The third kappa shape index (κ3) is 4.56. The lowest BCUT2D eigenvalue weighted by Crippen LogP contribution is -2.37. The minimum atomic E-state index is -0.456. The Labute approximate surface area is 201 Å². The Bertz CT molecular complexity index is 1300. The van der Waals surface area contributed by atoms with E-state index in [9.17, 15) is 9.59 Å². The molecule has 4 heterocycles. The first kappa shape index (κ1) is 22.2. The fourth-order valence-electron chi connectivity index (χ4n) is 4.24. The summed E-state index contributed by atoms with van der Waals surface area (Å²) < 4.78 is 8.20. The molecule has 0 saturated heterocycles. The number of aromatic nitrogens is 4. The van der Waals surface area contributed by atoms with Gasteiger partial charge in [-0.25, -0.2) is 9.78 Å². The van der Waals surface area contributed by atoms with Crippen molar-refractivity contribution < 1.29 is 14.3 Å². The van der Waals surface area contributed by atoms with Crippen molar-refractivity contribution in [2.24, 2.45) is 0 Å². The number of hydrogen-bond acceptors (Lipinski definition) is 7. The number of thiazole rings is 1. The van der Waals surface area contributed by atoms with E-state index in [1.165, 1.54) is 0 Å². The quantitative estimate of drug-likeness (QED) is 0.379. The van der Waals surface area contributed by atoms with E-state index in [1.807, 2.05) is 52.0 Å². The first-order valence-corrected chi connectivity index (χ1v) is 12.2. The number of esters is 1. The molecule has 3 aromatic heterocycles. The van der Waals surface area contributed by atoms with Crippen molar-refractivity contribution in [2.75, 3.05) is 13.2 Å². The van der Waals surface area contributed by atoms with Gasteiger partial charge in [-0.05, 0) is 31.2 Å². The number of carbonyl (C=O) groups is 2. The van der Waals surface area contributed by atoms with Crippen LogP contribution in [-0.2, 0) is 35.5 Å². The van der Waals surface area contributed by atoms with E-state index in [0.29, 0.717) is 38.9 Å². The first-order valence-electron chi connectivity index (χ1n) is 11.4. The standard InChI is InChI=1S/C25H25N5O3S/c1-2-33-25(32)24-18-16-29(14-12-20(18)30(28-24)15-17-7-5-6-13-26-17)23(31)11-10-22-27-19-8-3-4-9-21(19)34-22/h3-9,13H,2,10-12,14-16H2,1H3. The van der Waals surface area contributed by atoms with Gasteiger partial charge in [0.05, 0.1) is 34.1 Å². The number of pyridine rings is 1. The minimum Gasteiger partial charge on any atom is -0.461 e. The second-order valence-electron chi connectivity index (χ2n) is 8.11. The van der Waals surface area contributed by atoms with E-state index in [2.05, 4.69) is 15.1 Å². The molecule has 174 valence electrons. The van der Waals surface area contributed by atoms with Gasteiger partial charge in [-0.3, -0.25) is 14.5 Å². The summed E-state index contributed by atoms with van der Waals surface area (Å²) in [6.45, 7) is 3.44. The van der Waals surface area contributed by atoms with Gasteiger partial charge >= 0.3 is 5.97 Å². The van der Waals surface area contributed by atoms with Gasteiger partial charge in [0.15, 0.2) is 5.69 Å². The molecule has 0 fully saturated rings. The summed E-state index contributed by atoms with van der Waals surface area (Å²) in [4.78, 5) is 36.5. The number of ether oxygens (including phenoxy) is 1. The van der Waals surface area contributed by atoms with Crippen LogP contribution in [0.25, 0.3) is 10.2 Å². The smallest absolute Gasteiger partial charge is 0.359 e. The van der Waals surface area contributed by atoms with Crippen LogP contribution in [0.3, 0.4) is 0 Å². The Balaban J connectivity index is 1.33. The van der Waals surface area contributed by atoms with Crippen LogP contribution >= 0.6 is 11.3 Å². The molecule has 4 aromatic rings. The second kappa shape index (κ2) is 9.72. The predicted molar refractivity (Wildman–Crippen MR) is 129 cm³/mol. The molecule has 8 nitrogen and oxygen atoms in total. The van der Waals surface area contributed by atoms with Crippen LogP contribution in [-0.4, -0.2) is 49.7 Å². The van der Waals surface area contributed by atoms with Gasteiger partial charge in [0, 0.05) is 49.8 Å². The van der Waals surface area contributed by atoms with Gasteiger partial charge in [0.2, 0.25) is 5.91 Å². The molecule has 0 bridgehead atoms. The average Bonchev–Trinajstić information content (AvgIpc) is 3.44. The number of aryl methyl sites for hydroxylation is 1. The maximum absolute atomic E-state index is 13.1. The van der Waals surface area contributed by atoms with Gasteiger partial charge in [0.25, 0.3) is 0 Å². The zero-order valence-corrected chi connectivity index (χ0v) is 19.8. The van der Waals surface area contributed by atoms with E-state index in [1.54, 1.807) is 24.5 Å². The summed E-state index contributed by atoms with van der Waals surface area (Å²) in [5, 5.41) is 5.53. The van der Waals surface area contributed by atoms with Gasteiger partial charge in [-0.2, -0.15) is 5.10 Å². The van der Waals surface area contributed by atoms with Crippen LogP contribution in [0.1, 0.15) is 45.8 Å². The third-order valence-corrected chi connectivity index (χ3v) is 6.98. The second-order valence-corrected chi connectivity index (χ2v) is 9.23. The molecule has 1 amide bonds. The van der Waals surface area contributed by atoms with E-state index in [0.717, 1.165) is 32.2 Å². The number of amides is 1. The van der Waals surface area contributed by atoms with Crippen molar-refractivity contribution in [1.82, 2.24) is 24.6 Å². The fraction of sp³-hybridized carbons (Fsp3) is 0.320. The number of fused-ring (bicyclic) bond motifs is 2. The number of nitrogens with zero attached hydrogens (tertiary/aromatic N) is 5. The fourth-order valence-corrected chi connectivity index (χ4v) is 5.21. The van der Waals surface area contributed by atoms with Crippen LogP contribution in [0, 0.1) is 0 Å². The summed E-state index contributed by atoms with van der Waals surface area (Å²) in [6.07, 6.45) is 3.35. The highest BCUT2D eigenvalue weighted by Gasteiger charge is 2.30. The van der Waals surface area contributed by atoms with Crippen molar-refractivity contribution >= 4 is 33.4 Å². The Morgan fingerprint density at radius 1 is 1.15 bits per heavy atom. The highest BCUT2D eigenvalue weighted by atomic mass is 32.1. The molecule has 1 aliphatic heterocycles. The van der Waals surface area contributed by atoms with E-state index < -0.39 is 5.97 Å². The summed E-state index contributed by atoms with van der Waals surface area (Å²) in [5.74, 6) is -0.403. The Hall–Kier alpha value is -3.59. The third-order valence-electron chi connectivity index (χ3n) is 5.88. The molecular weight excluding hydrogens is 450 g/mol. The van der Waals surface area contributed by atoms with E-state index in [-0.39, 0.29) is 18.2 Å². The summed E-state index contributed by atoms with van der Waals surface area (Å²) >= 11 is 1.63. The number of rotatable bonds is 7. The summed E-state index contributed by atoms with van der Waals surface area (Å²) in [6, 6.07) is 13.7. The normalized spacial score (nSPS) is 13.1. The molecule has 1 aliphatic rings. The number of para-hydroxylation sites is 1. The van der Waals surface area contributed by atoms with Gasteiger partial charge in [-0.1, -0.05) is 18.2 Å². The molecule has 0 N–H and O–H groups in total. The van der Waals surface area contributed by atoms with Crippen molar-refractivity contribution in [3.05, 3.63) is 76.3 Å². The molecule has 34 heavy (non-hydrogen) atoms. The van der Waals surface area contributed by atoms with Crippen LogP contribution in [0.5, 0.6) is 0 Å². The van der Waals surface area contributed by atoms with Gasteiger partial charge in [0.1, 0.15) is 0 Å². The molecule has 0 radical (unpaired) electrons. The van der Waals surface area contributed by atoms with Crippen molar-refractivity contribution in [1.29, 1.82) is 0 Å². The average molecular weight is 476 g/mol. The number of benzene rings is 1. The molecule has 0 unspecified atom stereocenters. The lowest BCUT2D eigenvalue weighted by Gasteiger charge is -2.28. The van der Waals surface area contributed by atoms with Gasteiger partial charge < -0.3 is 9.64 Å². The molecule has 9 heteroatoms. The van der Waals surface area contributed by atoms with Crippen LogP contribution in [0.4, 0.5) is 0 Å². The van der Waals surface area contributed by atoms with E-state index in [4.69, 9.17) is 4.74 Å². The zero-order chi connectivity index (χ0) is 23.5. The van der Waals surface area contributed by atoms with Crippen molar-refractivity contribution in [3.63, 3.8) is 0 Å². The summed E-state index contributed by atoms with van der Waals surface area (Å²) in [7, 11) is 0. The Kier molecular flexibility index (Phi) is 6.35. The highest BCUT2D eigenvalue weighted by Crippen LogP contribution is 2.26. The van der Waals surface area contributed by atoms with Gasteiger partial charge in [-0.15, -0.1) is 11.3 Å². The molecule has 0 atom stereocenters. The molecular formula is C25H25N5O3S. The molecule has 0 spiro atoms. The number of hydrogen-bond donors (Lipinski definition) is 0. The van der Waals surface area contributed by atoms with Crippen molar-refractivity contribution in [3.8, 4) is 0 Å². The maximum Gasteiger partial charge on any atom is 0.359 e. The SMILES string of the molecule is CCOC(=O)c1nn(Cc2ccccn2)c2c1CN(C(=O)CCc1nc3ccccc3s1)CC2. The molecule has 5 rings (SSSR count). The summed E-state index contributed by atoms with van der Waals surface area (Å²) in [5.41, 5.74) is 3.85. The maximum atomic E-state index is 13.1. The van der Waals surface area contributed by atoms with E-state index >= 15 is 0 Å². The highest BCUT2D eigenvalue weighted by molar-refractivity contribution is 7.18. The minimum absolute atomic E-state index is 0.0530. The molecule has 0 saturated carbocycles. The zero-order valence-electron chi connectivity index (χ0n) is 18.9. The monoisotopic (exact) mass is 475 g/mol. The molecule has 1 aromatic carbocycles. The van der Waals surface area contributed by atoms with Crippen LogP contribution < -0.4 is 0 Å². The predicted octanol–water partition coefficient (Wildman–Crippen LogP) is 3.63. The Morgan fingerprint density at radius 2 is 2.00 bits per heavy atom. The largest absolute Gasteiger partial charge is 0.461 e. The van der Waals surface area contributed by atoms with Crippen LogP contribution in [0.15, 0.2) is 48.7 Å². The number of carbonyl (C=O) groups excluding carboxylic acids is 2. The molecule has 0 aliphatic carbocycles.